The maximum atomic E-state index is 13.4. The van der Waals surface area contributed by atoms with E-state index in [9.17, 15) is 9.59 Å². The average Bonchev–Trinajstić information content (AvgIpc) is 3.22. The Labute approximate surface area is 191 Å². The summed E-state index contributed by atoms with van der Waals surface area (Å²) in [5, 5.41) is 7.09. The number of fused-ring (bicyclic) bond motifs is 2. The molecular formula is C22H18BrN7O2. The highest BCUT2D eigenvalue weighted by molar-refractivity contribution is 9.10. The lowest BCUT2D eigenvalue weighted by Crippen LogP contribution is -2.45. The van der Waals surface area contributed by atoms with Crippen LogP contribution in [0.3, 0.4) is 0 Å². The molecule has 1 N–H and O–H groups in total. The third-order valence-electron chi connectivity index (χ3n) is 6.09. The van der Waals surface area contributed by atoms with E-state index < -0.39 is 6.04 Å². The Morgan fingerprint density at radius 3 is 2.88 bits per heavy atom. The van der Waals surface area contributed by atoms with Gasteiger partial charge in [-0.2, -0.15) is 5.10 Å². The van der Waals surface area contributed by atoms with Crippen LogP contribution in [0.15, 0.2) is 65.9 Å². The van der Waals surface area contributed by atoms with Gasteiger partial charge in [-0.15, -0.1) is 0 Å². The number of hydrogen-bond acceptors (Lipinski definition) is 5. The Morgan fingerprint density at radius 1 is 1.16 bits per heavy atom. The number of nitrogens with zero attached hydrogens (tertiary/aromatic N) is 6. The smallest absolute Gasteiger partial charge is 0.275 e. The van der Waals surface area contributed by atoms with E-state index in [0.717, 1.165) is 16.6 Å². The van der Waals surface area contributed by atoms with Crippen LogP contribution >= 0.6 is 15.9 Å². The van der Waals surface area contributed by atoms with Gasteiger partial charge in [0, 0.05) is 24.1 Å². The van der Waals surface area contributed by atoms with Crippen molar-refractivity contribution in [1.29, 1.82) is 0 Å². The minimum atomic E-state index is -0.519. The summed E-state index contributed by atoms with van der Waals surface area (Å²) in [5.41, 5.74) is 2.45. The van der Waals surface area contributed by atoms with E-state index in [4.69, 9.17) is 0 Å². The largest absolute Gasteiger partial charge is 0.324 e. The Hall–Kier alpha value is -3.53. The normalized spacial score (nSPS) is 21.5. The number of likely N-dealkylation sites (tertiary alicyclic amines) is 1. The van der Waals surface area contributed by atoms with Crippen LogP contribution in [0.2, 0.25) is 0 Å². The summed E-state index contributed by atoms with van der Waals surface area (Å²) >= 11 is 3.47. The molecule has 4 aromatic rings. The fourth-order valence-corrected chi connectivity index (χ4v) is 4.94. The van der Waals surface area contributed by atoms with E-state index in [-0.39, 0.29) is 17.9 Å². The third kappa shape index (κ3) is 3.18. The van der Waals surface area contributed by atoms with Gasteiger partial charge in [-0.1, -0.05) is 6.07 Å². The molecule has 0 unspecified atom stereocenters. The SMILES string of the molecule is O=C(Nc1cccc(-n2cncn2)c1)[C@H]1C[C@H]2C[C@H]2N1C(=O)c1cn2cccc(Br)c2n1. The van der Waals surface area contributed by atoms with Crippen molar-refractivity contribution in [2.24, 2.45) is 5.92 Å². The van der Waals surface area contributed by atoms with Crippen LogP contribution in [-0.4, -0.2) is 52.9 Å². The molecular weight excluding hydrogens is 474 g/mol. The Bertz CT molecular complexity index is 1350. The van der Waals surface area contributed by atoms with Crippen LogP contribution in [-0.2, 0) is 4.79 Å². The van der Waals surface area contributed by atoms with Crippen molar-refractivity contribution in [1.82, 2.24) is 29.0 Å². The van der Waals surface area contributed by atoms with Crippen molar-refractivity contribution in [3.05, 3.63) is 71.6 Å². The number of benzene rings is 1. The molecule has 32 heavy (non-hydrogen) atoms. The van der Waals surface area contributed by atoms with E-state index in [1.165, 1.54) is 6.33 Å². The van der Waals surface area contributed by atoms with Crippen LogP contribution < -0.4 is 5.32 Å². The lowest BCUT2D eigenvalue weighted by molar-refractivity contribution is -0.120. The first kappa shape index (κ1) is 19.2. The predicted octanol–water partition coefficient (Wildman–Crippen LogP) is 2.92. The molecule has 1 aromatic carbocycles. The van der Waals surface area contributed by atoms with Crippen LogP contribution in [0.1, 0.15) is 23.3 Å². The molecule has 1 saturated carbocycles. The number of halogens is 1. The quantitative estimate of drug-likeness (QED) is 0.473. The molecule has 2 amide bonds. The predicted molar refractivity (Wildman–Crippen MR) is 119 cm³/mol. The molecule has 9 nitrogen and oxygen atoms in total. The number of hydrogen-bond donors (Lipinski definition) is 1. The summed E-state index contributed by atoms with van der Waals surface area (Å²) in [7, 11) is 0. The van der Waals surface area contributed by atoms with Crippen LogP contribution in [0.25, 0.3) is 11.3 Å². The van der Waals surface area contributed by atoms with Crippen molar-refractivity contribution in [3.8, 4) is 5.69 Å². The number of carbonyl (C=O) groups is 2. The average molecular weight is 492 g/mol. The van der Waals surface area contributed by atoms with Gasteiger partial charge in [0.05, 0.1) is 10.2 Å². The molecule has 0 spiro atoms. The second-order valence-electron chi connectivity index (χ2n) is 8.12. The highest BCUT2D eigenvalue weighted by Gasteiger charge is 2.56. The summed E-state index contributed by atoms with van der Waals surface area (Å²) in [4.78, 5) is 36.7. The van der Waals surface area contributed by atoms with E-state index in [2.05, 4.69) is 36.3 Å². The second kappa shape index (κ2) is 7.27. The number of amides is 2. The minimum Gasteiger partial charge on any atom is -0.324 e. The molecule has 2 fully saturated rings. The summed E-state index contributed by atoms with van der Waals surface area (Å²) in [5.74, 6) is -0.0201. The van der Waals surface area contributed by atoms with Gasteiger partial charge in [0.2, 0.25) is 5.91 Å². The standard InChI is InChI=1S/C22H18BrN7O2/c23-16-5-2-6-28-10-17(27-20(16)28)22(32)30-18-7-13(18)8-19(30)21(31)26-14-3-1-4-15(9-14)29-12-24-11-25-29/h1-6,9-13,18-19H,7-8H2,(H,26,31)/t13-,18-,19-/m1/s1. The van der Waals surface area contributed by atoms with E-state index >= 15 is 0 Å². The zero-order valence-corrected chi connectivity index (χ0v) is 18.4. The van der Waals surface area contributed by atoms with Crippen LogP contribution in [0.4, 0.5) is 5.69 Å². The first-order chi connectivity index (χ1) is 15.6. The van der Waals surface area contributed by atoms with E-state index in [1.54, 1.807) is 22.1 Å². The van der Waals surface area contributed by atoms with Crippen LogP contribution in [0, 0.1) is 5.92 Å². The molecule has 160 valence electrons. The zero-order chi connectivity index (χ0) is 21.8. The summed E-state index contributed by atoms with van der Waals surface area (Å²) < 4.78 is 4.24. The van der Waals surface area contributed by atoms with E-state index in [0.29, 0.717) is 29.4 Å². The monoisotopic (exact) mass is 491 g/mol. The number of carbonyl (C=O) groups excluding carboxylic acids is 2. The highest BCUT2D eigenvalue weighted by Crippen LogP contribution is 2.48. The summed E-state index contributed by atoms with van der Waals surface area (Å²) in [6.07, 6.45) is 8.22. The van der Waals surface area contributed by atoms with Gasteiger partial charge >= 0.3 is 0 Å². The third-order valence-corrected chi connectivity index (χ3v) is 6.71. The number of rotatable bonds is 4. The number of pyridine rings is 1. The zero-order valence-electron chi connectivity index (χ0n) is 16.8. The van der Waals surface area contributed by atoms with Gasteiger partial charge in [-0.25, -0.2) is 14.6 Å². The first-order valence-electron chi connectivity index (χ1n) is 10.3. The van der Waals surface area contributed by atoms with Gasteiger partial charge < -0.3 is 14.6 Å². The first-order valence-corrected chi connectivity index (χ1v) is 11.1. The number of piperidine rings is 1. The molecule has 1 aliphatic carbocycles. The lowest BCUT2D eigenvalue weighted by atomic mass is 10.1. The Balaban J connectivity index is 1.25. The summed E-state index contributed by atoms with van der Waals surface area (Å²) in [6.45, 7) is 0. The molecule has 10 heteroatoms. The molecule has 3 atom stereocenters. The molecule has 4 heterocycles. The van der Waals surface area contributed by atoms with Gasteiger partial charge in [0.25, 0.3) is 5.91 Å². The molecule has 1 aliphatic heterocycles. The highest BCUT2D eigenvalue weighted by atomic mass is 79.9. The van der Waals surface area contributed by atoms with Crippen molar-refractivity contribution in [3.63, 3.8) is 0 Å². The fraction of sp³-hybridized carbons (Fsp3) is 0.227. The van der Waals surface area contributed by atoms with Crippen molar-refractivity contribution >= 4 is 39.1 Å². The molecule has 0 bridgehead atoms. The Kier molecular flexibility index (Phi) is 4.35. The van der Waals surface area contributed by atoms with Gasteiger partial charge in [-0.3, -0.25) is 9.59 Å². The van der Waals surface area contributed by atoms with Crippen molar-refractivity contribution in [2.45, 2.75) is 24.9 Å². The van der Waals surface area contributed by atoms with Gasteiger partial charge in [-0.05, 0) is 65.0 Å². The summed E-state index contributed by atoms with van der Waals surface area (Å²) in [6, 6.07) is 10.7. The number of nitrogens with one attached hydrogen (secondary N) is 1. The molecule has 2 aliphatic rings. The topological polar surface area (TPSA) is 97.4 Å². The minimum absolute atomic E-state index is 0.105. The van der Waals surface area contributed by atoms with E-state index in [1.807, 2.05) is 47.0 Å². The molecule has 6 rings (SSSR count). The van der Waals surface area contributed by atoms with Crippen LogP contribution in [0.5, 0.6) is 0 Å². The molecule has 3 aromatic heterocycles. The Morgan fingerprint density at radius 2 is 2.06 bits per heavy atom. The number of imidazole rings is 1. The molecule has 0 radical (unpaired) electrons. The lowest BCUT2D eigenvalue weighted by Gasteiger charge is -2.26. The van der Waals surface area contributed by atoms with Gasteiger partial charge in [0.1, 0.15) is 24.4 Å². The van der Waals surface area contributed by atoms with Crippen molar-refractivity contribution in [2.75, 3.05) is 5.32 Å². The second-order valence-corrected chi connectivity index (χ2v) is 8.97. The van der Waals surface area contributed by atoms with Gasteiger partial charge in [0.15, 0.2) is 5.65 Å². The maximum Gasteiger partial charge on any atom is 0.275 e. The fourth-order valence-electron chi connectivity index (χ4n) is 4.49. The van der Waals surface area contributed by atoms with Crippen molar-refractivity contribution < 1.29 is 9.59 Å². The number of anilines is 1. The maximum absolute atomic E-state index is 13.4. The number of aromatic nitrogens is 5. The molecule has 1 saturated heterocycles.